The van der Waals surface area contributed by atoms with Crippen LogP contribution < -0.4 is 10.2 Å². The summed E-state index contributed by atoms with van der Waals surface area (Å²) in [6, 6.07) is 11.3. The number of pyridine rings is 1. The number of benzene rings is 1. The molecular weight excluding hydrogens is 378 g/mol. The molecule has 7 nitrogen and oxygen atoms in total. The Morgan fingerprint density at radius 1 is 1.23 bits per heavy atom. The number of fused-ring (bicyclic) bond motifs is 1. The van der Waals surface area contributed by atoms with Gasteiger partial charge in [-0.3, -0.25) is 4.57 Å². The third kappa shape index (κ3) is 3.79. The van der Waals surface area contributed by atoms with Crippen molar-refractivity contribution in [3.05, 3.63) is 48.8 Å². The minimum atomic E-state index is -0.0108. The molecule has 1 aliphatic heterocycles. The molecule has 0 spiro atoms. The Labute approximate surface area is 176 Å². The van der Waals surface area contributed by atoms with Crippen LogP contribution in [0, 0.1) is 0 Å². The predicted octanol–water partition coefficient (Wildman–Crippen LogP) is 4.13. The Kier molecular flexibility index (Phi) is 5.79. The maximum absolute atomic E-state index is 13.1. The summed E-state index contributed by atoms with van der Waals surface area (Å²) in [7, 11) is 0. The van der Waals surface area contributed by atoms with Crippen LogP contribution >= 0.6 is 0 Å². The molecule has 1 fully saturated rings. The lowest BCUT2D eigenvalue weighted by Crippen LogP contribution is -2.48. The molecule has 1 aromatic carbocycles. The molecular formula is C23H29N5O2. The number of phenols is 1. The van der Waals surface area contributed by atoms with Gasteiger partial charge in [0.15, 0.2) is 5.82 Å². The number of anilines is 2. The van der Waals surface area contributed by atoms with Crippen molar-refractivity contribution in [1.82, 2.24) is 14.5 Å². The monoisotopic (exact) mass is 407 g/mol. The van der Waals surface area contributed by atoms with Gasteiger partial charge in [0.1, 0.15) is 5.75 Å². The van der Waals surface area contributed by atoms with Crippen LogP contribution in [0.3, 0.4) is 0 Å². The van der Waals surface area contributed by atoms with E-state index in [0.29, 0.717) is 19.1 Å². The number of carbonyl (C=O) groups excluding carboxylic acids is 1. The van der Waals surface area contributed by atoms with Gasteiger partial charge in [-0.05, 0) is 63.1 Å². The van der Waals surface area contributed by atoms with Gasteiger partial charge in [-0.1, -0.05) is 0 Å². The van der Waals surface area contributed by atoms with Crippen molar-refractivity contribution in [2.75, 3.05) is 36.4 Å². The first kappa shape index (κ1) is 20.1. The lowest BCUT2D eigenvalue weighted by molar-refractivity contribution is 0.183. The zero-order valence-corrected chi connectivity index (χ0v) is 17.6. The number of aromatic hydroxyl groups is 1. The van der Waals surface area contributed by atoms with E-state index in [4.69, 9.17) is 0 Å². The molecule has 0 aliphatic carbocycles. The highest BCUT2D eigenvalue weighted by atomic mass is 16.3. The van der Waals surface area contributed by atoms with E-state index >= 15 is 0 Å². The first-order valence-corrected chi connectivity index (χ1v) is 10.7. The summed E-state index contributed by atoms with van der Waals surface area (Å²) in [4.78, 5) is 22.0. The molecule has 0 unspecified atom stereocenters. The number of piperidine rings is 1. The van der Waals surface area contributed by atoms with E-state index in [-0.39, 0.29) is 11.8 Å². The number of carbonyl (C=O) groups is 1. The first-order chi connectivity index (χ1) is 14.6. The Hall–Kier alpha value is -3.22. The Bertz CT molecular complexity index is 1020. The normalized spacial score (nSPS) is 14.8. The standard InChI is InChI=1S/C23H29N5O2/c1-3-24-20-6-5-12-25-22(20)27(4-2)18-10-13-26(14-11-18)23(30)28-15-9-17-16-19(29)7-8-21(17)28/h5-9,12,15-16,18,24,29H,3-4,10-11,13-14H2,1-2H3. The zero-order valence-electron chi connectivity index (χ0n) is 17.6. The number of hydrogen-bond acceptors (Lipinski definition) is 5. The SMILES string of the molecule is CCNc1cccnc1N(CC)C1CCN(C(=O)n2ccc3cc(O)ccc32)CC1. The highest BCUT2D eigenvalue weighted by Crippen LogP contribution is 2.29. The topological polar surface area (TPSA) is 73.6 Å². The summed E-state index contributed by atoms with van der Waals surface area (Å²) < 4.78 is 1.68. The summed E-state index contributed by atoms with van der Waals surface area (Å²) in [5.41, 5.74) is 1.88. The molecule has 2 aromatic heterocycles. The van der Waals surface area contributed by atoms with Crippen molar-refractivity contribution in [2.45, 2.75) is 32.7 Å². The molecule has 0 atom stereocenters. The van der Waals surface area contributed by atoms with E-state index in [9.17, 15) is 9.90 Å². The van der Waals surface area contributed by atoms with Crippen LogP contribution in [0.5, 0.6) is 5.75 Å². The summed E-state index contributed by atoms with van der Waals surface area (Å²) in [5.74, 6) is 1.20. The molecule has 158 valence electrons. The number of nitrogens with one attached hydrogen (secondary N) is 1. The maximum atomic E-state index is 13.1. The van der Waals surface area contributed by atoms with Gasteiger partial charge in [-0.2, -0.15) is 0 Å². The van der Waals surface area contributed by atoms with E-state index in [2.05, 4.69) is 35.1 Å². The van der Waals surface area contributed by atoms with Crippen molar-refractivity contribution in [1.29, 1.82) is 0 Å². The van der Waals surface area contributed by atoms with Crippen LogP contribution in [0.1, 0.15) is 26.7 Å². The van der Waals surface area contributed by atoms with Crippen LogP contribution in [0.4, 0.5) is 16.3 Å². The maximum Gasteiger partial charge on any atom is 0.328 e. The van der Waals surface area contributed by atoms with Gasteiger partial charge >= 0.3 is 6.03 Å². The van der Waals surface area contributed by atoms with E-state index in [1.807, 2.05) is 23.2 Å². The zero-order chi connectivity index (χ0) is 21.1. The number of amides is 1. The largest absolute Gasteiger partial charge is 0.508 e. The number of nitrogens with zero attached hydrogens (tertiary/aromatic N) is 4. The number of hydrogen-bond donors (Lipinski definition) is 2. The quantitative estimate of drug-likeness (QED) is 0.665. The van der Waals surface area contributed by atoms with Gasteiger partial charge in [0.25, 0.3) is 0 Å². The lowest BCUT2D eigenvalue weighted by atomic mass is 10.0. The van der Waals surface area contributed by atoms with E-state index in [0.717, 1.165) is 48.3 Å². The Morgan fingerprint density at radius 3 is 2.77 bits per heavy atom. The molecule has 1 aliphatic rings. The van der Waals surface area contributed by atoms with Crippen LogP contribution in [0.15, 0.2) is 48.8 Å². The summed E-state index contributed by atoms with van der Waals surface area (Å²) in [6.45, 7) is 7.39. The van der Waals surface area contributed by atoms with E-state index in [1.54, 1.807) is 29.0 Å². The molecule has 4 rings (SSSR count). The summed E-state index contributed by atoms with van der Waals surface area (Å²) in [6.07, 6.45) is 5.43. The van der Waals surface area contributed by atoms with E-state index in [1.165, 1.54) is 0 Å². The molecule has 1 saturated heterocycles. The fourth-order valence-corrected chi connectivity index (χ4v) is 4.35. The number of aromatic nitrogens is 2. The van der Waals surface area contributed by atoms with Gasteiger partial charge in [0.05, 0.1) is 11.2 Å². The third-order valence-electron chi connectivity index (χ3n) is 5.82. The highest BCUT2D eigenvalue weighted by Gasteiger charge is 2.29. The summed E-state index contributed by atoms with van der Waals surface area (Å²) in [5, 5.41) is 13.9. The minimum Gasteiger partial charge on any atom is -0.508 e. The third-order valence-corrected chi connectivity index (χ3v) is 5.82. The van der Waals surface area contributed by atoms with Crippen molar-refractivity contribution < 1.29 is 9.90 Å². The first-order valence-electron chi connectivity index (χ1n) is 10.7. The second-order valence-electron chi connectivity index (χ2n) is 7.62. The van der Waals surface area contributed by atoms with Crippen LogP contribution in [-0.4, -0.2) is 57.8 Å². The summed E-state index contributed by atoms with van der Waals surface area (Å²) >= 11 is 0. The fourth-order valence-electron chi connectivity index (χ4n) is 4.35. The van der Waals surface area contributed by atoms with Gasteiger partial charge in [0.2, 0.25) is 0 Å². The molecule has 0 radical (unpaired) electrons. The molecule has 3 heterocycles. The highest BCUT2D eigenvalue weighted by molar-refractivity contribution is 5.92. The number of phenolic OH excluding ortho intramolecular Hbond substituents is 1. The molecule has 0 saturated carbocycles. The molecule has 3 aromatic rings. The second kappa shape index (κ2) is 8.65. The Balaban J connectivity index is 1.47. The molecule has 2 N–H and O–H groups in total. The molecule has 0 bridgehead atoms. The van der Waals surface area contributed by atoms with Crippen LogP contribution in [0.25, 0.3) is 10.9 Å². The van der Waals surface area contributed by atoms with Gasteiger partial charge in [0, 0.05) is 50.0 Å². The molecule has 1 amide bonds. The van der Waals surface area contributed by atoms with Crippen LogP contribution in [-0.2, 0) is 0 Å². The predicted molar refractivity (Wildman–Crippen MR) is 120 cm³/mol. The molecule has 30 heavy (non-hydrogen) atoms. The van der Waals surface area contributed by atoms with Gasteiger partial charge in [-0.15, -0.1) is 0 Å². The van der Waals surface area contributed by atoms with Crippen molar-refractivity contribution in [3.8, 4) is 5.75 Å². The Morgan fingerprint density at radius 2 is 2.03 bits per heavy atom. The van der Waals surface area contributed by atoms with Crippen molar-refractivity contribution in [3.63, 3.8) is 0 Å². The van der Waals surface area contributed by atoms with Crippen LogP contribution in [0.2, 0.25) is 0 Å². The van der Waals surface area contributed by atoms with E-state index < -0.39 is 0 Å². The number of rotatable bonds is 5. The number of likely N-dealkylation sites (tertiary alicyclic amines) is 1. The lowest BCUT2D eigenvalue weighted by Gasteiger charge is -2.39. The average molecular weight is 408 g/mol. The van der Waals surface area contributed by atoms with Gasteiger partial charge < -0.3 is 20.2 Å². The second-order valence-corrected chi connectivity index (χ2v) is 7.62. The smallest absolute Gasteiger partial charge is 0.328 e. The van der Waals surface area contributed by atoms with Gasteiger partial charge in [-0.25, -0.2) is 9.78 Å². The molecule has 7 heteroatoms. The fraction of sp³-hybridized carbons (Fsp3) is 0.391. The average Bonchev–Trinajstić information content (AvgIpc) is 3.18. The van der Waals surface area contributed by atoms with Crippen molar-refractivity contribution in [2.24, 2.45) is 0 Å². The minimum absolute atomic E-state index is 0.0108. The van der Waals surface area contributed by atoms with Crippen molar-refractivity contribution >= 4 is 28.4 Å².